The van der Waals surface area contributed by atoms with Crippen LogP contribution in [0.4, 0.5) is 0 Å². The Morgan fingerprint density at radius 2 is 1.60 bits per heavy atom. The minimum Gasteiger partial charge on any atom is -0.492 e. The average Bonchev–Trinajstić information content (AvgIpc) is 2.64. The lowest BCUT2D eigenvalue weighted by Gasteiger charge is -2.09. The van der Waals surface area contributed by atoms with Crippen LogP contribution < -0.4 is 14.8 Å². The number of fused-ring (bicyclic) bond motifs is 1. The Morgan fingerprint density at radius 1 is 0.880 bits per heavy atom. The van der Waals surface area contributed by atoms with Gasteiger partial charge in [-0.3, -0.25) is 4.79 Å². The lowest BCUT2D eigenvalue weighted by atomic mass is 10.1. The molecule has 1 amide bonds. The predicted molar refractivity (Wildman–Crippen MR) is 107 cm³/mol. The number of benzene rings is 3. The van der Waals surface area contributed by atoms with Crippen molar-refractivity contribution >= 4 is 39.3 Å². The molecule has 0 aromatic heterocycles. The molecule has 0 bridgehead atoms. The Labute approximate surface area is 160 Å². The molecule has 0 fully saturated rings. The molecular formula is C20H18INO3. The van der Waals surface area contributed by atoms with Gasteiger partial charge in [0.2, 0.25) is 0 Å². The highest BCUT2D eigenvalue weighted by Crippen LogP contribution is 2.20. The van der Waals surface area contributed by atoms with E-state index in [4.69, 9.17) is 9.47 Å². The third kappa shape index (κ3) is 5.35. The Kier molecular flexibility index (Phi) is 6.11. The first-order valence-electron chi connectivity index (χ1n) is 7.97. The van der Waals surface area contributed by atoms with Gasteiger partial charge in [-0.05, 0) is 69.8 Å². The molecular weight excluding hydrogens is 429 g/mol. The fourth-order valence-electron chi connectivity index (χ4n) is 2.35. The minimum atomic E-state index is -0.166. The summed E-state index contributed by atoms with van der Waals surface area (Å²) in [5, 5.41) is 5.09. The van der Waals surface area contributed by atoms with Crippen LogP contribution in [0, 0.1) is 3.57 Å². The number of hydrogen-bond donors (Lipinski definition) is 1. The molecule has 1 N–H and O–H groups in total. The summed E-state index contributed by atoms with van der Waals surface area (Å²) < 4.78 is 12.2. The number of amides is 1. The predicted octanol–water partition coefficient (Wildman–Crippen LogP) is 4.02. The molecule has 0 aliphatic rings. The van der Waals surface area contributed by atoms with Crippen molar-refractivity contribution in [3.05, 3.63) is 70.3 Å². The van der Waals surface area contributed by atoms with Crippen LogP contribution in [0.25, 0.3) is 10.8 Å². The van der Waals surface area contributed by atoms with Crippen LogP contribution in [0.1, 0.15) is 0 Å². The largest absolute Gasteiger partial charge is 0.492 e. The van der Waals surface area contributed by atoms with Crippen LogP contribution >= 0.6 is 22.6 Å². The fourth-order valence-corrected chi connectivity index (χ4v) is 2.71. The molecule has 0 heterocycles. The Balaban J connectivity index is 1.38. The van der Waals surface area contributed by atoms with E-state index in [-0.39, 0.29) is 12.5 Å². The van der Waals surface area contributed by atoms with Gasteiger partial charge in [-0.2, -0.15) is 0 Å². The first-order valence-corrected chi connectivity index (χ1v) is 9.05. The van der Waals surface area contributed by atoms with Crippen LogP contribution in [0.15, 0.2) is 66.7 Å². The smallest absolute Gasteiger partial charge is 0.258 e. The second-order valence-electron chi connectivity index (χ2n) is 5.45. The SMILES string of the molecule is O=C(COc1ccc(I)cc1)NCCOc1ccc2ccccc2c1. The molecule has 3 aromatic carbocycles. The second-order valence-corrected chi connectivity index (χ2v) is 6.70. The number of halogens is 1. The standard InChI is InChI=1S/C20H18INO3/c21-17-6-9-18(10-7-17)25-14-20(23)22-11-12-24-19-8-5-15-3-1-2-4-16(15)13-19/h1-10,13H,11-12,14H2,(H,22,23). The van der Waals surface area contributed by atoms with Crippen molar-refractivity contribution in [2.75, 3.05) is 19.8 Å². The molecule has 128 valence electrons. The summed E-state index contributed by atoms with van der Waals surface area (Å²) in [6.45, 7) is 0.839. The monoisotopic (exact) mass is 447 g/mol. The van der Waals surface area contributed by atoms with Gasteiger partial charge in [-0.1, -0.05) is 30.3 Å². The molecule has 0 saturated heterocycles. The van der Waals surface area contributed by atoms with E-state index < -0.39 is 0 Å². The van der Waals surface area contributed by atoms with Crippen LogP contribution in [-0.2, 0) is 4.79 Å². The Bertz CT molecular complexity index is 849. The number of hydrogen-bond acceptors (Lipinski definition) is 3. The normalized spacial score (nSPS) is 10.4. The number of nitrogens with one attached hydrogen (secondary N) is 1. The molecule has 0 unspecified atom stereocenters. The topological polar surface area (TPSA) is 47.6 Å². The average molecular weight is 447 g/mol. The maximum absolute atomic E-state index is 11.8. The van der Waals surface area contributed by atoms with E-state index in [2.05, 4.69) is 34.0 Å². The molecule has 0 aliphatic heterocycles. The highest BCUT2D eigenvalue weighted by molar-refractivity contribution is 14.1. The summed E-state index contributed by atoms with van der Waals surface area (Å²) in [4.78, 5) is 11.8. The summed E-state index contributed by atoms with van der Waals surface area (Å²) in [6, 6.07) is 21.6. The molecule has 0 aliphatic carbocycles. The van der Waals surface area contributed by atoms with E-state index in [0.717, 1.165) is 14.7 Å². The van der Waals surface area contributed by atoms with Crippen LogP contribution in [0.2, 0.25) is 0 Å². The number of carbonyl (C=O) groups excluding carboxylic acids is 1. The van der Waals surface area contributed by atoms with Crippen molar-refractivity contribution in [3.63, 3.8) is 0 Å². The first-order chi connectivity index (χ1) is 12.2. The summed E-state index contributed by atoms with van der Waals surface area (Å²) in [5.41, 5.74) is 0. The van der Waals surface area contributed by atoms with Gasteiger partial charge in [0.25, 0.3) is 5.91 Å². The van der Waals surface area contributed by atoms with Gasteiger partial charge in [0.05, 0.1) is 6.54 Å². The fraction of sp³-hybridized carbons (Fsp3) is 0.150. The van der Waals surface area contributed by atoms with Crippen molar-refractivity contribution in [2.45, 2.75) is 0 Å². The molecule has 3 aromatic rings. The van der Waals surface area contributed by atoms with Crippen molar-refractivity contribution in [1.82, 2.24) is 5.32 Å². The third-order valence-corrected chi connectivity index (χ3v) is 4.32. The van der Waals surface area contributed by atoms with Crippen LogP contribution in [-0.4, -0.2) is 25.7 Å². The summed E-state index contributed by atoms with van der Waals surface area (Å²) >= 11 is 2.22. The molecule has 0 radical (unpaired) electrons. The lowest BCUT2D eigenvalue weighted by molar-refractivity contribution is -0.123. The second kappa shape index (κ2) is 8.71. The quantitative estimate of drug-likeness (QED) is 0.440. The first kappa shape index (κ1) is 17.5. The highest BCUT2D eigenvalue weighted by atomic mass is 127. The van der Waals surface area contributed by atoms with E-state index in [1.54, 1.807) is 0 Å². The van der Waals surface area contributed by atoms with E-state index in [1.807, 2.05) is 60.7 Å². The van der Waals surface area contributed by atoms with E-state index in [1.165, 1.54) is 5.39 Å². The highest BCUT2D eigenvalue weighted by Gasteiger charge is 2.03. The van der Waals surface area contributed by atoms with E-state index in [9.17, 15) is 4.79 Å². The van der Waals surface area contributed by atoms with Crippen LogP contribution in [0.3, 0.4) is 0 Å². The zero-order valence-corrected chi connectivity index (χ0v) is 15.7. The van der Waals surface area contributed by atoms with Crippen molar-refractivity contribution in [1.29, 1.82) is 0 Å². The maximum atomic E-state index is 11.8. The Morgan fingerprint density at radius 3 is 2.40 bits per heavy atom. The number of carbonyl (C=O) groups is 1. The molecule has 4 nitrogen and oxygen atoms in total. The van der Waals surface area contributed by atoms with Crippen molar-refractivity contribution in [3.8, 4) is 11.5 Å². The molecule has 0 spiro atoms. The molecule has 0 atom stereocenters. The van der Waals surface area contributed by atoms with Gasteiger partial charge in [0.15, 0.2) is 6.61 Å². The zero-order valence-electron chi connectivity index (χ0n) is 13.6. The van der Waals surface area contributed by atoms with Crippen LogP contribution in [0.5, 0.6) is 11.5 Å². The zero-order chi connectivity index (χ0) is 17.5. The molecule has 25 heavy (non-hydrogen) atoms. The number of ether oxygens (including phenoxy) is 2. The van der Waals surface area contributed by atoms with E-state index >= 15 is 0 Å². The van der Waals surface area contributed by atoms with Crippen molar-refractivity contribution in [2.24, 2.45) is 0 Å². The lowest BCUT2D eigenvalue weighted by Crippen LogP contribution is -2.32. The Hall–Kier alpha value is -2.28. The van der Waals surface area contributed by atoms with Crippen molar-refractivity contribution < 1.29 is 14.3 Å². The van der Waals surface area contributed by atoms with Gasteiger partial charge in [0, 0.05) is 3.57 Å². The minimum absolute atomic E-state index is 0.00341. The number of rotatable bonds is 7. The summed E-state index contributed by atoms with van der Waals surface area (Å²) in [7, 11) is 0. The van der Waals surface area contributed by atoms with Gasteiger partial charge in [-0.15, -0.1) is 0 Å². The van der Waals surface area contributed by atoms with Gasteiger partial charge >= 0.3 is 0 Å². The van der Waals surface area contributed by atoms with E-state index in [0.29, 0.717) is 18.9 Å². The van der Waals surface area contributed by atoms with Gasteiger partial charge < -0.3 is 14.8 Å². The maximum Gasteiger partial charge on any atom is 0.258 e. The summed E-state index contributed by atoms with van der Waals surface area (Å²) in [5.74, 6) is 1.31. The molecule has 3 rings (SSSR count). The third-order valence-electron chi connectivity index (χ3n) is 3.60. The molecule has 5 heteroatoms. The van der Waals surface area contributed by atoms with Gasteiger partial charge in [-0.25, -0.2) is 0 Å². The summed E-state index contributed by atoms with van der Waals surface area (Å²) in [6.07, 6.45) is 0. The van der Waals surface area contributed by atoms with Gasteiger partial charge in [0.1, 0.15) is 18.1 Å². The molecule has 0 saturated carbocycles.